The molecule has 0 aliphatic carbocycles. The maximum absolute atomic E-state index is 12.6. The molecular formula is C30H41NO2. The van der Waals surface area contributed by atoms with E-state index >= 15 is 0 Å². The van der Waals surface area contributed by atoms with Crippen LogP contribution in [0.3, 0.4) is 0 Å². The van der Waals surface area contributed by atoms with E-state index in [9.17, 15) is 4.79 Å². The van der Waals surface area contributed by atoms with Gasteiger partial charge in [-0.2, -0.15) is 0 Å². The summed E-state index contributed by atoms with van der Waals surface area (Å²) in [5.74, 6) is 0.942. The van der Waals surface area contributed by atoms with Gasteiger partial charge in [0.1, 0.15) is 5.60 Å². The topological polar surface area (TPSA) is 31.2 Å². The van der Waals surface area contributed by atoms with Gasteiger partial charge in [-0.05, 0) is 93.2 Å². The zero-order chi connectivity index (χ0) is 24.3. The van der Waals surface area contributed by atoms with Gasteiger partial charge in [0.05, 0.1) is 0 Å². The summed E-state index contributed by atoms with van der Waals surface area (Å²) in [7, 11) is 2.17. The van der Waals surface area contributed by atoms with Crippen LogP contribution in [0.15, 0.2) is 36.4 Å². The Kier molecular flexibility index (Phi) is 7.72. The van der Waals surface area contributed by atoms with Crippen LogP contribution in [0.4, 0.5) is 0 Å². The molecular weight excluding hydrogens is 406 g/mol. The molecule has 0 bridgehead atoms. The molecule has 0 saturated carbocycles. The monoisotopic (exact) mass is 447 g/mol. The minimum Gasteiger partial charge on any atom is -0.457 e. The lowest BCUT2D eigenvalue weighted by Gasteiger charge is -2.19. The van der Waals surface area contributed by atoms with E-state index in [0.717, 1.165) is 25.7 Å². The highest BCUT2D eigenvalue weighted by Crippen LogP contribution is 2.37. The van der Waals surface area contributed by atoms with Gasteiger partial charge in [-0.3, -0.25) is 0 Å². The zero-order valence-electron chi connectivity index (χ0n) is 21.8. The Balaban J connectivity index is 2.26. The van der Waals surface area contributed by atoms with E-state index < -0.39 is 5.60 Å². The van der Waals surface area contributed by atoms with E-state index in [1.165, 1.54) is 38.5 Å². The number of para-hydroxylation sites is 1. The molecule has 3 heteroatoms. The van der Waals surface area contributed by atoms with E-state index in [4.69, 9.17) is 4.74 Å². The lowest BCUT2D eigenvalue weighted by molar-refractivity contribution is -0.148. The Bertz CT molecular complexity index is 1160. The van der Waals surface area contributed by atoms with Gasteiger partial charge in [0, 0.05) is 34.9 Å². The van der Waals surface area contributed by atoms with Gasteiger partial charge >= 0.3 is 5.97 Å². The fourth-order valence-corrected chi connectivity index (χ4v) is 4.51. The molecule has 0 fully saturated rings. The van der Waals surface area contributed by atoms with Crippen LogP contribution in [0.25, 0.3) is 27.9 Å². The Labute approximate surface area is 199 Å². The SMILES string of the molecule is CC(C)CCc1cc2c(c(CCC(C)C)c1C=CC(=O)OC(C)(C)C)c1ccccc1n2C. The van der Waals surface area contributed by atoms with Crippen LogP contribution in [0.5, 0.6) is 0 Å². The van der Waals surface area contributed by atoms with Crippen molar-refractivity contribution in [3.8, 4) is 0 Å². The molecule has 0 saturated heterocycles. The molecule has 0 spiro atoms. The van der Waals surface area contributed by atoms with E-state index in [-0.39, 0.29) is 5.97 Å². The van der Waals surface area contributed by atoms with Crippen molar-refractivity contribution >= 4 is 33.9 Å². The van der Waals surface area contributed by atoms with Crippen LogP contribution < -0.4 is 0 Å². The number of aromatic nitrogens is 1. The first-order valence-corrected chi connectivity index (χ1v) is 12.4. The summed E-state index contributed by atoms with van der Waals surface area (Å²) in [6, 6.07) is 11.0. The summed E-state index contributed by atoms with van der Waals surface area (Å²) >= 11 is 0. The molecule has 33 heavy (non-hydrogen) atoms. The van der Waals surface area contributed by atoms with Crippen molar-refractivity contribution in [2.24, 2.45) is 18.9 Å². The minimum atomic E-state index is -0.498. The van der Waals surface area contributed by atoms with Gasteiger partial charge in [-0.25, -0.2) is 4.79 Å². The molecule has 1 aromatic heterocycles. The summed E-state index contributed by atoms with van der Waals surface area (Å²) < 4.78 is 7.89. The van der Waals surface area contributed by atoms with E-state index in [2.05, 4.69) is 69.6 Å². The maximum Gasteiger partial charge on any atom is 0.331 e. The van der Waals surface area contributed by atoms with Gasteiger partial charge in [0.15, 0.2) is 0 Å². The number of esters is 1. The summed E-state index contributed by atoms with van der Waals surface area (Å²) in [4.78, 5) is 12.6. The Morgan fingerprint density at radius 1 is 1.00 bits per heavy atom. The molecule has 3 aromatic rings. The van der Waals surface area contributed by atoms with Gasteiger partial charge in [0.2, 0.25) is 0 Å². The number of carbonyl (C=O) groups excluding carboxylic acids is 1. The number of carbonyl (C=O) groups is 1. The Morgan fingerprint density at radius 2 is 1.64 bits per heavy atom. The number of hydrogen-bond acceptors (Lipinski definition) is 2. The number of hydrogen-bond donors (Lipinski definition) is 0. The highest BCUT2D eigenvalue weighted by molar-refractivity contribution is 6.11. The summed E-state index contributed by atoms with van der Waals surface area (Å²) in [6.07, 6.45) is 7.85. The molecule has 2 aromatic carbocycles. The maximum atomic E-state index is 12.6. The minimum absolute atomic E-state index is 0.287. The third-order valence-electron chi connectivity index (χ3n) is 6.19. The van der Waals surface area contributed by atoms with Crippen LogP contribution >= 0.6 is 0 Å². The highest BCUT2D eigenvalue weighted by Gasteiger charge is 2.19. The van der Waals surface area contributed by atoms with Gasteiger partial charge < -0.3 is 9.30 Å². The summed E-state index contributed by atoms with van der Waals surface area (Å²) in [5.41, 5.74) is 5.91. The van der Waals surface area contributed by atoms with Crippen LogP contribution in [-0.2, 0) is 29.4 Å². The third-order valence-corrected chi connectivity index (χ3v) is 6.19. The first-order chi connectivity index (χ1) is 15.5. The number of rotatable bonds is 8. The predicted molar refractivity (Wildman–Crippen MR) is 142 cm³/mol. The smallest absolute Gasteiger partial charge is 0.331 e. The molecule has 3 rings (SSSR count). The molecule has 178 valence electrons. The van der Waals surface area contributed by atoms with Crippen molar-refractivity contribution in [3.63, 3.8) is 0 Å². The van der Waals surface area contributed by atoms with Crippen molar-refractivity contribution in [3.05, 3.63) is 53.1 Å². The molecule has 0 aliphatic rings. The molecule has 0 amide bonds. The first-order valence-electron chi connectivity index (χ1n) is 12.4. The quantitative estimate of drug-likeness (QED) is 0.260. The van der Waals surface area contributed by atoms with E-state index in [1.807, 2.05) is 26.8 Å². The standard InChI is InChI=1S/C30H41NO2/c1-20(2)13-15-22-19-27-29(25-11-9-10-12-26(25)31(27)8)24(16-14-21(3)4)23(22)17-18-28(32)33-30(5,6)7/h9-12,17-21H,13-16H2,1-8H3. The summed E-state index contributed by atoms with van der Waals surface area (Å²) in [6.45, 7) is 14.8. The number of aryl methyl sites for hydroxylation is 3. The fraction of sp³-hybridized carbons (Fsp3) is 0.500. The Hall–Kier alpha value is -2.55. The molecule has 1 heterocycles. The fourth-order valence-electron chi connectivity index (χ4n) is 4.51. The lowest BCUT2D eigenvalue weighted by atomic mass is 9.88. The van der Waals surface area contributed by atoms with E-state index in [0.29, 0.717) is 11.8 Å². The normalized spacial score (nSPS) is 12.7. The van der Waals surface area contributed by atoms with Crippen molar-refractivity contribution in [2.75, 3.05) is 0 Å². The van der Waals surface area contributed by atoms with Crippen LogP contribution in [0, 0.1) is 11.8 Å². The number of nitrogens with zero attached hydrogens (tertiary/aromatic N) is 1. The highest BCUT2D eigenvalue weighted by atomic mass is 16.6. The molecule has 3 nitrogen and oxygen atoms in total. The lowest BCUT2D eigenvalue weighted by Crippen LogP contribution is -2.22. The van der Waals surface area contributed by atoms with Crippen LogP contribution in [0.1, 0.15) is 78.0 Å². The zero-order valence-corrected chi connectivity index (χ0v) is 21.8. The second-order valence-corrected chi connectivity index (χ2v) is 11.1. The molecule has 0 radical (unpaired) electrons. The van der Waals surface area contributed by atoms with E-state index in [1.54, 1.807) is 6.08 Å². The van der Waals surface area contributed by atoms with Gasteiger partial charge in [0.25, 0.3) is 0 Å². The van der Waals surface area contributed by atoms with Crippen molar-refractivity contribution in [1.29, 1.82) is 0 Å². The molecule has 0 atom stereocenters. The first kappa shape index (κ1) is 25.1. The molecule has 0 N–H and O–H groups in total. The second kappa shape index (κ2) is 10.2. The van der Waals surface area contributed by atoms with Crippen molar-refractivity contribution in [2.45, 2.75) is 79.8 Å². The summed E-state index contributed by atoms with van der Waals surface area (Å²) in [5, 5.41) is 2.61. The number of benzene rings is 2. The van der Waals surface area contributed by atoms with Crippen LogP contribution in [-0.4, -0.2) is 16.1 Å². The number of ether oxygens (including phenoxy) is 1. The second-order valence-electron chi connectivity index (χ2n) is 11.1. The van der Waals surface area contributed by atoms with Crippen LogP contribution in [0.2, 0.25) is 0 Å². The Morgan fingerprint density at radius 3 is 2.27 bits per heavy atom. The van der Waals surface area contributed by atoms with Crippen molar-refractivity contribution in [1.82, 2.24) is 4.57 Å². The number of fused-ring (bicyclic) bond motifs is 3. The average Bonchev–Trinajstić information content (AvgIpc) is 3.00. The van der Waals surface area contributed by atoms with Gasteiger partial charge in [-0.1, -0.05) is 45.9 Å². The molecule has 0 aliphatic heterocycles. The molecule has 0 unspecified atom stereocenters. The average molecular weight is 448 g/mol. The largest absolute Gasteiger partial charge is 0.457 e. The third kappa shape index (κ3) is 6.07. The predicted octanol–water partition coefficient (Wildman–Crippen LogP) is 7.86. The van der Waals surface area contributed by atoms with Gasteiger partial charge in [-0.15, -0.1) is 0 Å². The van der Waals surface area contributed by atoms with Crippen molar-refractivity contribution < 1.29 is 9.53 Å².